The van der Waals surface area contributed by atoms with Crippen LogP contribution in [0, 0.1) is 0 Å². The Bertz CT molecular complexity index is 658. The highest BCUT2D eigenvalue weighted by Crippen LogP contribution is 2.27. The molecule has 162 valence electrons. The van der Waals surface area contributed by atoms with Crippen molar-refractivity contribution in [3.05, 3.63) is 18.2 Å². The van der Waals surface area contributed by atoms with E-state index in [1.807, 2.05) is 36.9 Å². The summed E-state index contributed by atoms with van der Waals surface area (Å²) in [4.78, 5) is 18.4. The Morgan fingerprint density at radius 3 is 2.48 bits per heavy atom. The Kier molecular flexibility index (Phi) is 9.40. The molecule has 1 unspecified atom stereocenters. The van der Waals surface area contributed by atoms with Crippen molar-refractivity contribution in [2.45, 2.75) is 39.2 Å². The van der Waals surface area contributed by atoms with E-state index in [-0.39, 0.29) is 11.9 Å². The van der Waals surface area contributed by atoms with Gasteiger partial charge >= 0.3 is 0 Å². The van der Waals surface area contributed by atoms with Gasteiger partial charge in [-0.25, -0.2) is 0 Å². The zero-order valence-electron chi connectivity index (χ0n) is 18.0. The molecule has 0 aromatic heterocycles. The lowest BCUT2D eigenvalue weighted by molar-refractivity contribution is -0.129. The average molecular weight is 407 g/mol. The quantitative estimate of drug-likeness (QED) is 0.351. The molecule has 0 saturated carbocycles. The van der Waals surface area contributed by atoms with Crippen molar-refractivity contribution >= 4 is 11.9 Å². The SMILES string of the molecule is CCNC(=NCCCOc1cc(OC)cc(OC)c1)NC1CCN(C(=O)CC)C1. The van der Waals surface area contributed by atoms with E-state index < -0.39 is 0 Å². The number of carbonyl (C=O) groups is 1. The van der Waals surface area contributed by atoms with Crippen molar-refractivity contribution in [2.75, 3.05) is 47.0 Å². The van der Waals surface area contributed by atoms with Crippen LogP contribution in [0.3, 0.4) is 0 Å². The predicted octanol–water partition coefficient (Wildman–Crippen LogP) is 2.04. The number of carbonyl (C=O) groups excluding carboxylic acids is 1. The molecular formula is C21H34N4O4. The Morgan fingerprint density at radius 2 is 1.86 bits per heavy atom. The van der Waals surface area contributed by atoms with Gasteiger partial charge in [-0.3, -0.25) is 9.79 Å². The van der Waals surface area contributed by atoms with Crippen LogP contribution in [-0.2, 0) is 4.79 Å². The number of hydrogen-bond donors (Lipinski definition) is 2. The van der Waals surface area contributed by atoms with Crippen LogP contribution in [0.5, 0.6) is 17.2 Å². The first kappa shape index (κ1) is 22.6. The molecule has 1 aromatic rings. The van der Waals surface area contributed by atoms with Gasteiger partial charge in [-0.2, -0.15) is 0 Å². The van der Waals surface area contributed by atoms with Crippen LogP contribution in [0.25, 0.3) is 0 Å². The van der Waals surface area contributed by atoms with Gasteiger partial charge in [0.2, 0.25) is 5.91 Å². The summed E-state index contributed by atoms with van der Waals surface area (Å²) >= 11 is 0. The molecule has 1 fully saturated rings. The van der Waals surface area contributed by atoms with Crippen molar-refractivity contribution < 1.29 is 19.0 Å². The van der Waals surface area contributed by atoms with E-state index in [1.165, 1.54) is 0 Å². The lowest BCUT2D eigenvalue weighted by Gasteiger charge is -2.18. The zero-order chi connectivity index (χ0) is 21.1. The van der Waals surface area contributed by atoms with Gasteiger partial charge in [-0.05, 0) is 13.3 Å². The smallest absolute Gasteiger partial charge is 0.222 e. The summed E-state index contributed by atoms with van der Waals surface area (Å²) in [6.45, 7) is 7.45. The molecule has 8 nitrogen and oxygen atoms in total. The number of ether oxygens (including phenoxy) is 3. The van der Waals surface area contributed by atoms with Crippen molar-refractivity contribution in [1.82, 2.24) is 15.5 Å². The number of amides is 1. The number of aliphatic imine (C=N–C) groups is 1. The van der Waals surface area contributed by atoms with Gasteiger partial charge in [0.1, 0.15) is 17.2 Å². The van der Waals surface area contributed by atoms with Crippen LogP contribution in [0.4, 0.5) is 0 Å². The van der Waals surface area contributed by atoms with Gasteiger partial charge in [-0.15, -0.1) is 0 Å². The molecule has 29 heavy (non-hydrogen) atoms. The van der Waals surface area contributed by atoms with Gasteiger partial charge in [0, 0.05) is 63.3 Å². The number of benzene rings is 1. The van der Waals surface area contributed by atoms with E-state index >= 15 is 0 Å². The number of nitrogens with zero attached hydrogens (tertiary/aromatic N) is 2. The van der Waals surface area contributed by atoms with Gasteiger partial charge in [-0.1, -0.05) is 6.92 Å². The maximum atomic E-state index is 11.8. The highest BCUT2D eigenvalue weighted by atomic mass is 16.5. The van der Waals surface area contributed by atoms with E-state index in [9.17, 15) is 4.79 Å². The van der Waals surface area contributed by atoms with Gasteiger partial charge in [0.15, 0.2) is 5.96 Å². The number of methoxy groups -OCH3 is 2. The summed E-state index contributed by atoms with van der Waals surface area (Å²) in [5.74, 6) is 3.10. The second-order valence-corrected chi connectivity index (χ2v) is 6.83. The molecule has 2 N–H and O–H groups in total. The summed E-state index contributed by atoms with van der Waals surface area (Å²) in [6, 6.07) is 5.72. The second-order valence-electron chi connectivity index (χ2n) is 6.83. The minimum atomic E-state index is 0.211. The number of likely N-dealkylation sites (tertiary alicyclic amines) is 1. The summed E-state index contributed by atoms with van der Waals surface area (Å²) < 4.78 is 16.3. The number of nitrogens with one attached hydrogen (secondary N) is 2. The Hall–Kier alpha value is -2.64. The summed E-state index contributed by atoms with van der Waals surface area (Å²) in [5, 5.41) is 6.70. The molecule has 1 aliphatic heterocycles. The fraction of sp³-hybridized carbons (Fsp3) is 0.619. The van der Waals surface area contributed by atoms with Crippen LogP contribution in [0.15, 0.2) is 23.2 Å². The van der Waals surface area contributed by atoms with Crippen molar-refractivity contribution in [1.29, 1.82) is 0 Å². The Labute approximate surface area is 173 Å². The third kappa shape index (κ3) is 7.36. The molecule has 0 bridgehead atoms. The van der Waals surface area contributed by atoms with E-state index in [1.54, 1.807) is 14.2 Å². The van der Waals surface area contributed by atoms with E-state index in [2.05, 4.69) is 15.6 Å². The molecule has 1 saturated heterocycles. The van der Waals surface area contributed by atoms with Crippen molar-refractivity contribution in [2.24, 2.45) is 4.99 Å². The Morgan fingerprint density at radius 1 is 1.17 bits per heavy atom. The van der Waals surface area contributed by atoms with Crippen molar-refractivity contribution in [3.8, 4) is 17.2 Å². The summed E-state index contributed by atoms with van der Waals surface area (Å²) in [6.07, 6.45) is 2.28. The minimum Gasteiger partial charge on any atom is -0.496 e. The lowest BCUT2D eigenvalue weighted by Crippen LogP contribution is -2.45. The lowest BCUT2D eigenvalue weighted by atomic mass is 10.3. The van der Waals surface area contributed by atoms with E-state index in [0.29, 0.717) is 36.8 Å². The third-order valence-electron chi connectivity index (χ3n) is 4.69. The fourth-order valence-corrected chi connectivity index (χ4v) is 3.15. The molecule has 1 heterocycles. The molecule has 2 rings (SSSR count). The number of hydrogen-bond acceptors (Lipinski definition) is 5. The maximum absolute atomic E-state index is 11.8. The van der Waals surface area contributed by atoms with Crippen LogP contribution in [0.2, 0.25) is 0 Å². The van der Waals surface area contributed by atoms with Crippen LogP contribution >= 0.6 is 0 Å². The summed E-state index contributed by atoms with van der Waals surface area (Å²) in [5.41, 5.74) is 0. The average Bonchev–Trinajstić information content (AvgIpc) is 3.21. The fourth-order valence-electron chi connectivity index (χ4n) is 3.15. The largest absolute Gasteiger partial charge is 0.496 e. The maximum Gasteiger partial charge on any atom is 0.222 e. The third-order valence-corrected chi connectivity index (χ3v) is 4.69. The van der Waals surface area contributed by atoms with Crippen LogP contribution in [-0.4, -0.2) is 69.8 Å². The van der Waals surface area contributed by atoms with Gasteiger partial charge in [0.25, 0.3) is 0 Å². The second kappa shape index (κ2) is 12.0. The molecule has 1 aromatic carbocycles. The highest BCUT2D eigenvalue weighted by molar-refractivity contribution is 5.80. The molecule has 1 atom stereocenters. The molecule has 0 radical (unpaired) electrons. The first-order chi connectivity index (χ1) is 14.1. The molecular weight excluding hydrogens is 372 g/mol. The predicted molar refractivity (Wildman–Crippen MR) is 114 cm³/mol. The highest BCUT2D eigenvalue weighted by Gasteiger charge is 2.25. The number of rotatable bonds is 10. The first-order valence-corrected chi connectivity index (χ1v) is 10.3. The monoisotopic (exact) mass is 406 g/mol. The van der Waals surface area contributed by atoms with E-state index in [0.717, 1.165) is 38.4 Å². The zero-order valence-corrected chi connectivity index (χ0v) is 18.0. The number of guanidine groups is 1. The van der Waals surface area contributed by atoms with Gasteiger partial charge < -0.3 is 29.7 Å². The van der Waals surface area contributed by atoms with E-state index in [4.69, 9.17) is 14.2 Å². The molecule has 8 heteroatoms. The minimum absolute atomic E-state index is 0.211. The topological polar surface area (TPSA) is 84.4 Å². The first-order valence-electron chi connectivity index (χ1n) is 10.3. The normalized spacial score (nSPS) is 16.5. The van der Waals surface area contributed by atoms with Crippen LogP contribution < -0.4 is 24.8 Å². The van der Waals surface area contributed by atoms with Crippen molar-refractivity contribution in [3.63, 3.8) is 0 Å². The molecule has 1 aliphatic rings. The Balaban J connectivity index is 1.78. The summed E-state index contributed by atoms with van der Waals surface area (Å²) in [7, 11) is 3.23. The molecule has 0 spiro atoms. The standard InChI is InChI=1S/C21H34N4O4/c1-5-20(26)25-10-8-16(15-25)24-21(22-6-2)23-9-7-11-29-19-13-17(27-3)12-18(14-19)28-4/h12-14,16H,5-11,15H2,1-4H3,(H2,22,23,24). The molecule has 0 aliphatic carbocycles. The van der Waals surface area contributed by atoms with Crippen LogP contribution in [0.1, 0.15) is 33.1 Å². The van der Waals surface area contributed by atoms with Gasteiger partial charge in [0.05, 0.1) is 20.8 Å². The molecule has 1 amide bonds.